The minimum Gasteiger partial charge on any atom is -0.367 e. The first-order valence-electron chi connectivity index (χ1n) is 4.78. The van der Waals surface area contributed by atoms with Gasteiger partial charge in [0.2, 0.25) is 0 Å². The van der Waals surface area contributed by atoms with Crippen LogP contribution in [0.1, 0.15) is 30.9 Å². The fraction of sp³-hybridized carbons (Fsp3) is 0.500. The van der Waals surface area contributed by atoms with Gasteiger partial charge in [0.05, 0.1) is 0 Å². The molecule has 0 saturated carbocycles. The maximum atomic E-state index is 11.5. The Hall–Kier alpha value is -1.09. The van der Waals surface area contributed by atoms with E-state index in [-0.39, 0.29) is 11.5 Å². The predicted octanol–water partition coefficient (Wildman–Crippen LogP) is 1.19. The van der Waals surface area contributed by atoms with Gasteiger partial charge in [0.15, 0.2) is 5.43 Å². The molecular formula is C10H14N2O. The number of hydrogen-bond donors (Lipinski definition) is 2. The second kappa shape index (κ2) is 3.75. The topological polar surface area (TPSA) is 44.9 Å². The van der Waals surface area contributed by atoms with Crippen LogP contribution in [0, 0.1) is 0 Å². The summed E-state index contributed by atoms with van der Waals surface area (Å²) in [7, 11) is 0. The summed E-state index contributed by atoms with van der Waals surface area (Å²) < 4.78 is 0. The van der Waals surface area contributed by atoms with E-state index in [2.05, 4.69) is 10.3 Å². The Morgan fingerprint density at radius 2 is 2.31 bits per heavy atom. The van der Waals surface area contributed by atoms with Gasteiger partial charge in [-0.25, -0.2) is 0 Å². The lowest BCUT2D eigenvalue weighted by molar-refractivity contribution is 0.410. The third kappa shape index (κ3) is 1.80. The van der Waals surface area contributed by atoms with Gasteiger partial charge < -0.3 is 10.3 Å². The summed E-state index contributed by atoms with van der Waals surface area (Å²) in [6.45, 7) is 1.03. The summed E-state index contributed by atoms with van der Waals surface area (Å²) in [4.78, 5) is 14.4. The smallest absolute Gasteiger partial charge is 0.186 e. The SMILES string of the molecule is O=c1cc[nH]cc1[C@H]1CCCCN1. The Kier molecular flexibility index (Phi) is 2.45. The lowest BCUT2D eigenvalue weighted by atomic mass is 9.99. The van der Waals surface area contributed by atoms with Crippen molar-refractivity contribution in [2.24, 2.45) is 0 Å². The fourth-order valence-corrected chi connectivity index (χ4v) is 1.82. The summed E-state index contributed by atoms with van der Waals surface area (Å²) in [5.74, 6) is 0. The highest BCUT2D eigenvalue weighted by molar-refractivity contribution is 5.14. The van der Waals surface area contributed by atoms with Crippen molar-refractivity contribution in [2.45, 2.75) is 25.3 Å². The Labute approximate surface area is 77.2 Å². The fourth-order valence-electron chi connectivity index (χ4n) is 1.82. The lowest BCUT2D eigenvalue weighted by Crippen LogP contribution is -2.30. The minimum atomic E-state index is 0.137. The van der Waals surface area contributed by atoms with Crippen LogP contribution in [-0.4, -0.2) is 11.5 Å². The zero-order valence-electron chi connectivity index (χ0n) is 7.55. The van der Waals surface area contributed by atoms with E-state index in [1.165, 1.54) is 12.8 Å². The van der Waals surface area contributed by atoms with E-state index in [9.17, 15) is 4.79 Å². The first-order chi connectivity index (χ1) is 6.38. The zero-order chi connectivity index (χ0) is 9.10. The van der Waals surface area contributed by atoms with E-state index in [1.807, 2.05) is 6.20 Å². The van der Waals surface area contributed by atoms with Gasteiger partial charge >= 0.3 is 0 Å². The van der Waals surface area contributed by atoms with Crippen molar-refractivity contribution in [3.63, 3.8) is 0 Å². The number of H-pyrrole nitrogens is 1. The minimum absolute atomic E-state index is 0.137. The highest BCUT2D eigenvalue weighted by Crippen LogP contribution is 2.19. The zero-order valence-corrected chi connectivity index (χ0v) is 7.55. The van der Waals surface area contributed by atoms with E-state index in [0.29, 0.717) is 0 Å². The Morgan fingerprint density at radius 1 is 1.38 bits per heavy atom. The second-order valence-corrected chi connectivity index (χ2v) is 3.47. The summed E-state index contributed by atoms with van der Waals surface area (Å²) in [5.41, 5.74) is 1.01. The van der Waals surface area contributed by atoms with Crippen LogP contribution >= 0.6 is 0 Å². The van der Waals surface area contributed by atoms with Crippen molar-refractivity contribution in [1.82, 2.24) is 10.3 Å². The molecule has 1 aromatic heterocycles. The molecule has 0 aromatic carbocycles. The maximum absolute atomic E-state index is 11.5. The molecule has 0 amide bonds. The second-order valence-electron chi connectivity index (χ2n) is 3.47. The molecular weight excluding hydrogens is 164 g/mol. The summed E-state index contributed by atoms with van der Waals surface area (Å²) in [5, 5.41) is 3.36. The van der Waals surface area contributed by atoms with Crippen molar-refractivity contribution >= 4 is 0 Å². The van der Waals surface area contributed by atoms with Crippen LogP contribution in [0.4, 0.5) is 0 Å². The molecule has 3 heteroatoms. The Bertz CT molecular complexity index is 326. The number of rotatable bonds is 1. The van der Waals surface area contributed by atoms with Gasteiger partial charge in [0.1, 0.15) is 0 Å². The van der Waals surface area contributed by atoms with Crippen molar-refractivity contribution in [3.05, 3.63) is 34.2 Å². The van der Waals surface area contributed by atoms with Gasteiger partial charge in [-0.1, -0.05) is 6.42 Å². The number of nitrogens with one attached hydrogen (secondary N) is 2. The molecule has 1 atom stereocenters. The first-order valence-corrected chi connectivity index (χ1v) is 4.78. The number of piperidine rings is 1. The van der Waals surface area contributed by atoms with E-state index in [4.69, 9.17) is 0 Å². The van der Waals surface area contributed by atoms with Gasteiger partial charge in [0.25, 0.3) is 0 Å². The molecule has 1 aromatic rings. The quantitative estimate of drug-likeness (QED) is 0.678. The average molecular weight is 178 g/mol. The molecule has 3 nitrogen and oxygen atoms in total. The highest BCUT2D eigenvalue weighted by atomic mass is 16.1. The standard InChI is InChI=1S/C10H14N2O/c13-10-4-6-11-7-8(10)9-3-1-2-5-12-9/h4,6-7,9,12H,1-3,5H2,(H,11,13)/t9-/m1/s1. The number of aromatic nitrogens is 1. The van der Waals surface area contributed by atoms with Gasteiger partial charge in [-0.3, -0.25) is 4.79 Å². The summed E-state index contributed by atoms with van der Waals surface area (Å²) in [6.07, 6.45) is 7.00. The third-order valence-electron chi connectivity index (χ3n) is 2.54. The third-order valence-corrected chi connectivity index (χ3v) is 2.54. The normalized spacial score (nSPS) is 22.9. The van der Waals surface area contributed by atoms with E-state index < -0.39 is 0 Å². The van der Waals surface area contributed by atoms with Crippen molar-refractivity contribution in [3.8, 4) is 0 Å². The summed E-state index contributed by atoms with van der Waals surface area (Å²) in [6, 6.07) is 1.85. The molecule has 0 bridgehead atoms. The van der Waals surface area contributed by atoms with Gasteiger partial charge in [-0.2, -0.15) is 0 Å². The van der Waals surface area contributed by atoms with Crippen LogP contribution < -0.4 is 10.7 Å². The van der Waals surface area contributed by atoms with Gasteiger partial charge in [-0.15, -0.1) is 0 Å². The Balaban J connectivity index is 2.24. The average Bonchev–Trinajstić information content (AvgIpc) is 2.20. The molecule has 2 N–H and O–H groups in total. The molecule has 0 unspecified atom stereocenters. The molecule has 1 fully saturated rings. The monoisotopic (exact) mass is 178 g/mol. The van der Waals surface area contributed by atoms with Crippen LogP contribution in [0.25, 0.3) is 0 Å². The van der Waals surface area contributed by atoms with Gasteiger partial charge in [0, 0.05) is 30.1 Å². The van der Waals surface area contributed by atoms with Crippen LogP contribution in [-0.2, 0) is 0 Å². The van der Waals surface area contributed by atoms with E-state index in [0.717, 1.165) is 18.5 Å². The first kappa shape index (κ1) is 8.51. The van der Waals surface area contributed by atoms with Crippen LogP contribution in [0.5, 0.6) is 0 Å². The molecule has 0 radical (unpaired) electrons. The molecule has 1 aliphatic rings. The van der Waals surface area contributed by atoms with E-state index >= 15 is 0 Å². The maximum Gasteiger partial charge on any atom is 0.186 e. The molecule has 13 heavy (non-hydrogen) atoms. The van der Waals surface area contributed by atoms with Crippen LogP contribution in [0.15, 0.2) is 23.3 Å². The molecule has 0 spiro atoms. The van der Waals surface area contributed by atoms with Crippen molar-refractivity contribution < 1.29 is 0 Å². The van der Waals surface area contributed by atoms with Crippen LogP contribution in [0.2, 0.25) is 0 Å². The molecule has 2 heterocycles. The molecule has 1 aliphatic heterocycles. The predicted molar refractivity (Wildman–Crippen MR) is 51.7 cm³/mol. The van der Waals surface area contributed by atoms with Crippen molar-refractivity contribution in [1.29, 1.82) is 0 Å². The lowest BCUT2D eigenvalue weighted by Gasteiger charge is -2.22. The van der Waals surface area contributed by atoms with Crippen LogP contribution in [0.3, 0.4) is 0 Å². The van der Waals surface area contributed by atoms with E-state index in [1.54, 1.807) is 12.3 Å². The number of hydrogen-bond acceptors (Lipinski definition) is 2. The molecule has 2 rings (SSSR count). The highest BCUT2D eigenvalue weighted by Gasteiger charge is 2.16. The Morgan fingerprint density at radius 3 is 3.00 bits per heavy atom. The largest absolute Gasteiger partial charge is 0.367 e. The molecule has 70 valence electrons. The van der Waals surface area contributed by atoms with Gasteiger partial charge in [-0.05, 0) is 19.4 Å². The molecule has 1 saturated heterocycles. The molecule has 0 aliphatic carbocycles. The number of aromatic amines is 1. The van der Waals surface area contributed by atoms with Crippen molar-refractivity contribution in [2.75, 3.05) is 6.54 Å². The summed E-state index contributed by atoms with van der Waals surface area (Å²) >= 11 is 0. The number of pyridine rings is 1.